The molecule has 58 valence electrons. The fraction of sp³-hybridized carbons (Fsp3) is 0. The Kier molecular flexibility index (Phi) is 1.75. The molecule has 0 aromatic carbocycles. The van der Waals surface area contributed by atoms with Crippen molar-refractivity contribution in [2.75, 3.05) is 0 Å². The Balaban J connectivity index is 3.27. The smallest absolute Gasteiger partial charge is 0.258 e. The zero-order chi connectivity index (χ0) is 8.43. The molecule has 0 saturated heterocycles. The van der Waals surface area contributed by atoms with Crippen molar-refractivity contribution in [3.8, 4) is 0 Å². The van der Waals surface area contributed by atoms with Crippen molar-refractivity contribution in [2.45, 2.75) is 0 Å². The molecule has 0 amide bonds. The Morgan fingerprint density at radius 3 is 2.55 bits per heavy atom. The summed E-state index contributed by atoms with van der Waals surface area (Å²) in [5.41, 5.74) is -0.954. The Hall–Kier alpha value is -1.59. The highest BCUT2D eigenvalue weighted by Gasteiger charge is 2.17. The van der Waals surface area contributed by atoms with Gasteiger partial charge >= 0.3 is 5.69 Å². The number of halogens is 2. The van der Waals surface area contributed by atoms with Gasteiger partial charge in [0, 0.05) is 0 Å². The van der Waals surface area contributed by atoms with Gasteiger partial charge in [0.15, 0.2) is 5.82 Å². The van der Waals surface area contributed by atoms with Gasteiger partial charge in [-0.2, -0.15) is 4.39 Å². The average Bonchev–Trinajstić information content (AvgIpc) is 1.94. The second-order valence-corrected chi connectivity index (χ2v) is 1.71. The summed E-state index contributed by atoms with van der Waals surface area (Å²) in [7, 11) is 0. The van der Waals surface area contributed by atoms with E-state index in [1.807, 2.05) is 0 Å². The molecular weight excluding hydrogens is 158 g/mol. The van der Waals surface area contributed by atoms with Gasteiger partial charge in [0.05, 0.1) is 11.1 Å². The third-order valence-electron chi connectivity index (χ3n) is 1.02. The number of rotatable bonds is 1. The van der Waals surface area contributed by atoms with Crippen molar-refractivity contribution < 1.29 is 13.7 Å². The average molecular weight is 160 g/mol. The summed E-state index contributed by atoms with van der Waals surface area (Å²) in [6.07, 6.45) is 1.22. The van der Waals surface area contributed by atoms with E-state index in [9.17, 15) is 18.9 Å². The van der Waals surface area contributed by atoms with Crippen LogP contribution >= 0.6 is 0 Å². The quantitative estimate of drug-likeness (QED) is 0.459. The lowest BCUT2D eigenvalue weighted by atomic mass is 10.4. The number of nitrogens with zero attached hydrogens (tertiary/aromatic N) is 2. The van der Waals surface area contributed by atoms with E-state index in [1.54, 1.807) is 0 Å². The van der Waals surface area contributed by atoms with E-state index in [0.29, 0.717) is 12.4 Å². The van der Waals surface area contributed by atoms with Crippen molar-refractivity contribution in [3.63, 3.8) is 0 Å². The second kappa shape index (κ2) is 2.57. The normalized spacial score (nSPS) is 9.64. The van der Waals surface area contributed by atoms with Crippen LogP contribution in [0.1, 0.15) is 0 Å². The Bertz CT molecular complexity index is 303. The van der Waals surface area contributed by atoms with Crippen molar-refractivity contribution in [3.05, 3.63) is 34.1 Å². The minimum atomic E-state index is -1.48. The number of pyridine rings is 1. The van der Waals surface area contributed by atoms with Gasteiger partial charge in [-0.3, -0.25) is 15.1 Å². The van der Waals surface area contributed by atoms with Crippen LogP contribution in [0.2, 0.25) is 0 Å². The van der Waals surface area contributed by atoms with Crippen molar-refractivity contribution >= 4 is 5.69 Å². The van der Waals surface area contributed by atoms with Gasteiger partial charge < -0.3 is 0 Å². The number of hydrogen-bond donors (Lipinski definition) is 0. The van der Waals surface area contributed by atoms with Crippen LogP contribution in [0.4, 0.5) is 14.5 Å². The van der Waals surface area contributed by atoms with Crippen LogP contribution < -0.4 is 0 Å². The molecule has 6 heteroatoms. The zero-order valence-electron chi connectivity index (χ0n) is 5.12. The third-order valence-corrected chi connectivity index (χ3v) is 1.02. The monoisotopic (exact) mass is 160 g/mol. The van der Waals surface area contributed by atoms with Crippen LogP contribution in [-0.4, -0.2) is 9.91 Å². The maximum absolute atomic E-state index is 12.4. The number of nitro groups is 1. The molecule has 0 aliphatic heterocycles. The van der Waals surface area contributed by atoms with E-state index in [1.165, 1.54) is 0 Å². The molecular formula is C5H2F2N2O2. The van der Waals surface area contributed by atoms with E-state index >= 15 is 0 Å². The van der Waals surface area contributed by atoms with Gasteiger partial charge in [-0.1, -0.05) is 0 Å². The minimum Gasteiger partial charge on any atom is -0.258 e. The van der Waals surface area contributed by atoms with E-state index in [0.717, 1.165) is 0 Å². The molecule has 1 heterocycles. The summed E-state index contributed by atoms with van der Waals surface area (Å²) < 4.78 is 24.6. The zero-order valence-corrected chi connectivity index (χ0v) is 5.12. The lowest BCUT2D eigenvalue weighted by Gasteiger charge is -1.91. The predicted octanol–water partition coefficient (Wildman–Crippen LogP) is 1.27. The molecule has 0 aliphatic rings. The summed E-state index contributed by atoms with van der Waals surface area (Å²) in [4.78, 5) is 12.0. The molecule has 0 spiro atoms. The van der Waals surface area contributed by atoms with Gasteiger partial charge in [-0.15, -0.1) is 0 Å². The molecule has 0 aliphatic carbocycles. The van der Waals surface area contributed by atoms with Crippen LogP contribution in [-0.2, 0) is 0 Å². The molecule has 4 nitrogen and oxygen atoms in total. The Morgan fingerprint density at radius 1 is 1.45 bits per heavy atom. The first-order valence-electron chi connectivity index (χ1n) is 2.56. The van der Waals surface area contributed by atoms with Gasteiger partial charge in [0.2, 0.25) is 5.82 Å². The highest BCUT2D eigenvalue weighted by molar-refractivity contribution is 5.27. The fourth-order valence-electron chi connectivity index (χ4n) is 0.536. The van der Waals surface area contributed by atoms with Gasteiger partial charge in [0.1, 0.15) is 6.20 Å². The predicted molar refractivity (Wildman–Crippen MR) is 30.8 cm³/mol. The Labute approximate surface area is 59.6 Å². The first-order valence-corrected chi connectivity index (χ1v) is 2.56. The largest absolute Gasteiger partial charge is 0.325 e. The van der Waals surface area contributed by atoms with E-state index in [4.69, 9.17) is 0 Å². The van der Waals surface area contributed by atoms with Gasteiger partial charge in [-0.05, 0) is 0 Å². The molecule has 1 rings (SSSR count). The first-order chi connectivity index (χ1) is 5.13. The van der Waals surface area contributed by atoms with Crippen molar-refractivity contribution in [1.29, 1.82) is 0 Å². The van der Waals surface area contributed by atoms with Crippen LogP contribution in [0.3, 0.4) is 0 Å². The molecule has 0 saturated carbocycles. The summed E-state index contributed by atoms with van der Waals surface area (Å²) in [6, 6.07) is 0. The lowest BCUT2D eigenvalue weighted by Crippen LogP contribution is -1.96. The molecule has 0 unspecified atom stereocenters. The van der Waals surface area contributed by atoms with Crippen LogP contribution in [0.25, 0.3) is 0 Å². The SMILES string of the molecule is O=[N+]([O-])c1cncc(F)c1F. The molecule has 1 aromatic heterocycles. The van der Waals surface area contributed by atoms with Crippen molar-refractivity contribution in [2.24, 2.45) is 0 Å². The van der Waals surface area contributed by atoms with Gasteiger partial charge in [0.25, 0.3) is 0 Å². The topological polar surface area (TPSA) is 56.0 Å². The molecule has 0 atom stereocenters. The maximum Gasteiger partial charge on any atom is 0.325 e. The fourth-order valence-corrected chi connectivity index (χ4v) is 0.536. The van der Waals surface area contributed by atoms with Crippen LogP contribution in [0, 0.1) is 21.7 Å². The summed E-state index contributed by atoms with van der Waals surface area (Å²) >= 11 is 0. The summed E-state index contributed by atoms with van der Waals surface area (Å²) in [6.45, 7) is 0. The molecule has 0 bridgehead atoms. The molecule has 0 radical (unpaired) electrons. The minimum absolute atomic E-state index is 0.572. The Morgan fingerprint density at radius 2 is 2.09 bits per heavy atom. The number of hydrogen-bond acceptors (Lipinski definition) is 3. The molecule has 11 heavy (non-hydrogen) atoms. The van der Waals surface area contributed by atoms with E-state index in [-0.39, 0.29) is 0 Å². The highest BCUT2D eigenvalue weighted by atomic mass is 19.2. The number of aromatic nitrogens is 1. The molecule has 1 aromatic rings. The summed E-state index contributed by atoms with van der Waals surface area (Å²) in [5.74, 6) is -2.80. The van der Waals surface area contributed by atoms with Crippen LogP contribution in [0.15, 0.2) is 12.4 Å². The van der Waals surface area contributed by atoms with Crippen molar-refractivity contribution in [1.82, 2.24) is 4.98 Å². The van der Waals surface area contributed by atoms with E-state index < -0.39 is 22.2 Å². The second-order valence-electron chi connectivity index (χ2n) is 1.71. The van der Waals surface area contributed by atoms with Gasteiger partial charge in [-0.25, -0.2) is 4.39 Å². The summed E-state index contributed by atoms with van der Waals surface area (Å²) in [5, 5.41) is 9.93. The highest BCUT2D eigenvalue weighted by Crippen LogP contribution is 2.16. The standard InChI is InChI=1S/C5H2F2N2O2/c6-3-1-8-2-4(5(3)7)9(10)11/h1-2H. The third kappa shape index (κ3) is 1.28. The molecule has 0 fully saturated rings. The van der Waals surface area contributed by atoms with Crippen LogP contribution in [0.5, 0.6) is 0 Å². The maximum atomic E-state index is 12.4. The molecule has 0 N–H and O–H groups in total. The first kappa shape index (κ1) is 7.52. The van der Waals surface area contributed by atoms with E-state index in [2.05, 4.69) is 4.98 Å². The lowest BCUT2D eigenvalue weighted by molar-refractivity contribution is -0.388.